The Bertz CT molecular complexity index is 440. The molecule has 0 radical (unpaired) electrons. The molecule has 1 fully saturated rings. The summed E-state index contributed by atoms with van der Waals surface area (Å²) in [6.07, 6.45) is 2.24. The molecule has 2 rings (SSSR count). The van der Waals surface area contributed by atoms with Crippen LogP contribution in [-0.2, 0) is 4.79 Å². The van der Waals surface area contributed by atoms with Crippen LogP contribution in [0, 0.1) is 5.41 Å². The van der Waals surface area contributed by atoms with E-state index in [1.807, 2.05) is 19.1 Å². The highest BCUT2D eigenvalue weighted by Gasteiger charge is 2.28. The fraction of sp³-hybridized carbons (Fsp3) is 0.643. The maximum Gasteiger partial charge on any atom is 0.228 e. The highest BCUT2D eigenvalue weighted by molar-refractivity contribution is 7.16. The zero-order valence-electron chi connectivity index (χ0n) is 11.5. The monoisotopic (exact) mass is 300 g/mol. The molecule has 1 aliphatic rings. The molecule has 1 unspecified atom stereocenters. The van der Waals surface area contributed by atoms with Gasteiger partial charge < -0.3 is 10.6 Å². The van der Waals surface area contributed by atoms with Crippen molar-refractivity contribution in [2.45, 2.75) is 32.6 Å². The van der Waals surface area contributed by atoms with Crippen LogP contribution >= 0.6 is 22.9 Å². The molecule has 1 saturated heterocycles. The minimum atomic E-state index is -0.122. The van der Waals surface area contributed by atoms with E-state index < -0.39 is 0 Å². The third-order valence-electron chi connectivity index (χ3n) is 3.91. The summed E-state index contributed by atoms with van der Waals surface area (Å²) in [5.41, 5.74) is 0.230. The molecule has 0 aliphatic carbocycles. The number of piperidine rings is 1. The van der Waals surface area contributed by atoms with Crippen molar-refractivity contribution in [3.8, 4) is 0 Å². The van der Waals surface area contributed by atoms with Crippen LogP contribution in [0.2, 0.25) is 4.34 Å². The van der Waals surface area contributed by atoms with Crippen molar-refractivity contribution in [2.24, 2.45) is 5.41 Å². The van der Waals surface area contributed by atoms with Gasteiger partial charge in [-0.2, -0.15) is 0 Å². The van der Waals surface area contributed by atoms with Gasteiger partial charge in [0.25, 0.3) is 0 Å². The fourth-order valence-corrected chi connectivity index (χ4v) is 3.46. The number of halogens is 1. The van der Waals surface area contributed by atoms with Gasteiger partial charge in [-0.1, -0.05) is 18.5 Å². The van der Waals surface area contributed by atoms with Crippen molar-refractivity contribution in [1.29, 1.82) is 0 Å². The van der Waals surface area contributed by atoms with Gasteiger partial charge in [-0.3, -0.25) is 4.79 Å². The van der Waals surface area contributed by atoms with E-state index in [0.717, 1.165) is 41.7 Å². The molecule has 1 atom stereocenters. The van der Waals surface area contributed by atoms with Crippen molar-refractivity contribution in [3.63, 3.8) is 0 Å². The lowest BCUT2D eigenvalue weighted by Gasteiger charge is -2.34. The Kier molecular flexibility index (Phi) is 4.87. The van der Waals surface area contributed by atoms with Gasteiger partial charge in [-0.15, -0.1) is 11.3 Å². The topological polar surface area (TPSA) is 41.1 Å². The average Bonchev–Trinajstić information content (AvgIpc) is 2.83. The molecule has 1 amide bonds. The smallest absolute Gasteiger partial charge is 0.228 e. The van der Waals surface area contributed by atoms with E-state index in [4.69, 9.17) is 11.6 Å². The number of thiophene rings is 1. The Morgan fingerprint density at radius 2 is 2.21 bits per heavy atom. The summed E-state index contributed by atoms with van der Waals surface area (Å²) in [6, 6.07) is 3.78. The third kappa shape index (κ3) is 3.94. The second-order valence-corrected chi connectivity index (χ2v) is 7.39. The lowest BCUT2D eigenvalue weighted by atomic mass is 9.81. The Balaban J connectivity index is 1.87. The highest BCUT2D eigenvalue weighted by atomic mass is 35.5. The predicted molar refractivity (Wildman–Crippen MR) is 81.0 cm³/mol. The second-order valence-electron chi connectivity index (χ2n) is 5.64. The standard InChI is InChI=1S/C14H21ClN2OS/c1-10(11-3-4-12(15)19-11)13(18)17-9-14(2)5-7-16-8-6-14/h3-4,10,16H,5-9H2,1-2H3,(H,17,18). The van der Waals surface area contributed by atoms with E-state index in [1.54, 1.807) is 0 Å². The summed E-state index contributed by atoms with van der Waals surface area (Å²) < 4.78 is 0.736. The van der Waals surface area contributed by atoms with Gasteiger partial charge in [0.1, 0.15) is 0 Å². The maximum absolute atomic E-state index is 12.2. The summed E-state index contributed by atoms with van der Waals surface area (Å²) in [5.74, 6) is -0.0268. The summed E-state index contributed by atoms with van der Waals surface area (Å²) in [4.78, 5) is 13.2. The first-order valence-electron chi connectivity index (χ1n) is 6.74. The van der Waals surface area contributed by atoms with Crippen LogP contribution in [0.25, 0.3) is 0 Å². The lowest BCUT2D eigenvalue weighted by Crippen LogP contribution is -2.43. The number of amides is 1. The van der Waals surface area contributed by atoms with Gasteiger partial charge in [0.2, 0.25) is 5.91 Å². The number of rotatable bonds is 4. The molecule has 0 bridgehead atoms. The Morgan fingerprint density at radius 1 is 1.53 bits per heavy atom. The minimum absolute atomic E-state index is 0.0956. The molecule has 0 aromatic carbocycles. The summed E-state index contributed by atoms with van der Waals surface area (Å²) >= 11 is 7.39. The summed E-state index contributed by atoms with van der Waals surface area (Å²) in [6.45, 7) is 7.03. The van der Waals surface area contributed by atoms with Gasteiger partial charge in [0, 0.05) is 11.4 Å². The van der Waals surface area contributed by atoms with Gasteiger partial charge in [0.05, 0.1) is 10.3 Å². The van der Waals surface area contributed by atoms with E-state index >= 15 is 0 Å². The van der Waals surface area contributed by atoms with Crippen LogP contribution < -0.4 is 10.6 Å². The van der Waals surface area contributed by atoms with Gasteiger partial charge in [-0.25, -0.2) is 0 Å². The van der Waals surface area contributed by atoms with Crippen LogP contribution in [0.4, 0.5) is 0 Å². The number of carbonyl (C=O) groups is 1. The first kappa shape index (κ1) is 14.8. The first-order chi connectivity index (χ1) is 9.00. The summed E-state index contributed by atoms with van der Waals surface area (Å²) in [5, 5.41) is 6.45. The van der Waals surface area contributed by atoms with Crippen LogP contribution in [0.1, 0.15) is 37.5 Å². The maximum atomic E-state index is 12.2. The molecule has 2 heterocycles. The molecule has 2 N–H and O–H groups in total. The Hall–Kier alpha value is -0.580. The third-order valence-corrected chi connectivity index (χ3v) is 5.33. The normalized spacial score (nSPS) is 19.9. The minimum Gasteiger partial charge on any atom is -0.355 e. The number of hydrogen-bond acceptors (Lipinski definition) is 3. The van der Waals surface area contributed by atoms with Gasteiger partial charge in [-0.05, 0) is 50.4 Å². The van der Waals surface area contributed by atoms with Crippen molar-refractivity contribution >= 4 is 28.8 Å². The highest BCUT2D eigenvalue weighted by Crippen LogP contribution is 2.29. The number of carbonyl (C=O) groups excluding carboxylic acids is 1. The molecular formula is C14H21ClN2OS. The van der Waals surface area contributed by atoms with E-state index in [1.165, 1.54) is 11.3 Å². The molecule has 1 aromatic rings. The van der Waals surface area contributed by atoms with E-state index in [2.05, 4.69) is 17.6 Å². The van der Waals surface area contributed by atoms with Gasteiger partial charge in [0.15, 0.2) is 0 Å². The molecular weight excluding hydrogens is 280 g/mol. The molecule has 0 saturated carbocycles. The zero-order valence-corrected chi connectivity index (χ0v) is 13.0. The van der Waals surface area contributed by atoms with Crippen molar-refractivity contribution in [1.82, 2.24) is 10.6 Å². The second kappa shape index (κ2) is 6.25. The van der Waals surface area contributed by atoms with Crippen molar-refractivity contribution < 1.29 is 4.79 Å². The molecule has 5 heteroatoms. The van der Waals surface area contributed by atoms with Crippen LogP contribution in [0.3, 0.4) is 0 Å². The quantitative estimate of drug-likeness (QED) is 0.897. The number of nitrogens with one attached hydrogen (secondary N) is 2. The van der Waals surface area contributed by atoms with Crippen LogP contribution in [-0.4, -0.2) is 25.5 Å². The predicted octanol–water partition coefficient (Wildman–Crippen LogP) is 3.01. The molecule has 1 aliphatic heterocycles. The van der Waals surface area contributed by atoms with Crippen molar-refractivity contribution in [3.05, 3.63) is 21.3 Å². The largest absolute Gasteiger partial charge is 0.355 e. The van der Waals surface area contributed by atoms with Crippen molar-refractivity contribution in [2.75, 3.05) is 19.6 Å². The molecule has 0 spiro atoms. The van der Waals surface area contributed by atoms with Crippen LogP contribution in [0.15, 0.2) is 12.1 Å². The molecule has 106 valence electrons. The van der Waals surface area contributed by atoms with E-state index in [-0.39, 0.29) is 17.2 Å². The summed E-state index contributed by atoms with van der Waals surface area (Å²) in [7, 11) is 0. The Labute approximate surface area is 123 Å². The molecule has 1 aromatic heterocycles. The zero-order chi connectivity index (χ0) is 13.9. The van der Waals surface area contributed by atoms with E-state index in [9.17, 15) is 4.79 Å². The average molecular weight is 301 g/mol. The SMILES string of the molecule is CC(C(=O)NCC1(C)CCNCC1)c1ccc(Cl)s1. The van der Waals surface area contributed by atoms with Gasteiger partial charge >= 0.3 is 0 Å². The molecule has 3 nitrogen and oxygen atoms in total. The lowest BCUT2D eigenvalue weighted by molar-refractivity contribution is -0.122. The first-order valence-corrected chi connectivity index (χ1v) is 7.93. The number of hydrogen-bond donors (Lipinski definition) is 2. The molecule has 19 heavy (non-hydrogen) atoms. The fourth-order valence-electron chi connectivity index (χ4n) is 2.35. The Morgan fingerprint density at radius 3 is 2.79 bits per heavy atom. The van der Waals surface area contributed by atoms with E-state index in [0.29, 0.717) is 0 Å². The van der Waals surface area contributed by atoms with Crippen LogP contribution in [0.5, 0.6) is 0 Å².